The Balaban J connectivity index is 2.08. The summed E-state index contributed by atoms with van der Waals surface area (Å²) in [4.78, 5) is 14.1. The van der Waals surface area contributed by atoms with Gasteiger partial charge in [0.25, 0.3) is 0 Å². The summed E-state index contributed by atoms with van der Waals surface area (Å²) in [5, 5.41) is 0. The largest absolute Gasteiger partial charge is 0.469 e. The molecule has 3 rings (SSSR count). The van der Waals surface area contributed by atoms with Crippen LogP contribution in [0, 0.1) is 0 Å². The van der Waals surface area contributed by atoms with Crippen molar-refractivity contribution >= 4 is 17.7 Å². The van der Waals surface area contributed by atoms with Crippen LogP contribution in [-0.2, 0) is 9.53 Å². The van der Waals surface area contributed by atoms with Crippen molar-refractivity contribution in [2.45, 2.75) is 22.1 Å². The van der Waals surface area contributed by atoms with Crippen LogP contribution in [0.1, 0.15) is 23.5 Å². The minimum absolute atomic E-state index is 0.0982. The van der Waals surface area contributed by atoms with E-state index in [1.807, 2.05) is 24.3 Å². The summed E-state index contributed by atoms with van der Waals surface area (Å²) in [5.74, 6) is -0.0670. The molecular formula is C16H14O2S. The Morgan fingerprint density at radius 1 is 1.05 bits per heavy atom. The molecule has 2 aromatic rings. The van der Waals surface area contributed by atoms with Gasteiger partial charge < -0.3 is 4.74 Å². The fourth-order valence-electron chi connectivity index (χ4n) is 2.48. The monoisotopic (exact) mass is 270 g/mol. The molecule has 0 radical (unpaired) electrons. The second kappa shape index (κ2) is 5.10. The number of ether oxygens (including phenoxy) is 1. The van der Waals surface area contributed by atoms with Gasteiger partial charge in [-0.05, 0) is 23.3 Å². The SMILES string of the molecule is COC(=O)CC1c2ccccc2Sc2ccccc21. The average Bonchev–Trinajstić information content (AvgIpc) is 2.46. The Morgan fingerprint density at radius 3 is 2.11 bits per heavy atom. The molecule has 1 aliphatic rings. The fraction of sp³-hybridized carbons (Fsp3) is 0.188. The van der Waals surface area contributed by atoms with Crippen LogP contribution in [0.5, 0.6) is 0 Å². The van der Waals surface area contributed by atoms with Crippen molar-refractivity contribution in [3.05, 3.63) is 59.7 Å². The summed E-state index contributed by atoms with van der Waals surface area (Å²) in [5.41, 5.74) is 2.44. The summed E-state index contributed by atoms with van der Waals surface area (Å²) in [6.45, 7) is 0. The van der Waals surface area contributed by atoms with Crippen molar-refractivity contribution < 1.29 is 9.53 Å². The van der Waals surface area contributed by atoms with E-state index in [0.717, 1.165) is 0 Å². The molecular weight excluding hydrogens is 256 g/mol. The zero-order valence-electron chi connectivity index (χ0n) is 10.6. The molecule has 0 aromatic heterocycles. The molecule has 2 aromatic carbocycles. The first kappa shape index (κ1) is 12.3. The number of hydrogen-bond acceptors (Lipinski definition) is 3. The third kappa shape index (κ3) is 2.26. The predicted molar refractivity (Wildman–Crippen MR) is 75.5 cm³/mol. The minimum Gasteiger partial charge on any atom is -0.469 e. The van der Waals surface area contributed by atoms with Crippen LogP contribution in [0.25, 0.3) is 0 Å². The van der Waals surface area contributed by atoms with E-state index in [0.29, 0.717) is 6.42 Å². The quantitative estimate of drug-likeness (QED) is 0.775. The number of fused-ring (bicyclic) bond motifs is 2. The van der Waals surface area contributed by atoms with E-state index in [1.165, 1.54) is 28.0 Å². The highest BCUT2D eigenvalue weighted by molar-refractivity contribution is 7.99. The van der Waals surface area contributed by atoms with Gasteiger partial charge in [-0.3, -0.25) is 4.79 Å². The summed E-state index contributed by atoms with van der Waals surface area (Å²) in [6, 6.07) is 16.6. The van der Waals surface area contributed by atoms with Crippen LogP contribution in [0.3, 0.4) is 0 Å². The van der Waals surface area contributed by atoms with Crippen molar-refractivity contribution in [1.82, 2.24) is 0 Å². The van der Waals surface area contributed by atoms with Gasteiger partial charge >= 0.3 is 5.97 Å². The molecule has 0 atom stereocenters. The number of hydrogen-bond donors (Lipinski definition) is 0. The van der Waals surface area contributed by atoms with Crippen molar-refractivity contribution in [3.8, 4) is 0 Å². The summed E-state index contributed by atoms with van der Waals surface area (Å²) in [6.07, 6.45) is 0.394. The van der Waals surface area contributed by atoms with Crippen LogP contribution in [0.15, 0.2) is 58.3 Å². The zero-order chi connectivity index (χ0) is 13.2. The van der Waals surface area contributed by atoms with E-state index in [9.17, 15) is 4.79 Å². The molecule has 96 valence electrons. The van der Waals surface area contributed by atoms with Gasteiger partial charge in [-0.15, -0.1) is 0 Å². The zero-order valence-corrected chi connectivity index (χ0v) is 11.4. The van der Waals surface area contributed by atoms with E-state index in [4.69, 9.17) is 4.74 Å². The third-order valence-corrected chi connectivity index (χ3v) is 4.59. The number of carbonyl (C=O) groups is 1. The smallest absolute Gasteiger partial charge is 0.306 e. The van der Waals surface area contributed by atoms with Gasteiger partial charge in [0.15, 0.2) is 0 Å². The summed E-state index contributed by atoms with van der Waals surface area (Å²) >= 11 is 1.77. The lowest BCUT2D eigenvalue weighted by molar-refractivity contribution is -0.140. The van der Waals surface area contributed by atoms with Gasteiger partial charge in [0, 0.05) is 15.7 Å². The highest BCUT2D eigenvalue weighted by atomic mass is 32.2. The lowest BCUT2D eigenvalue weighted by atomic mass is 9.88. The highest BCUT2D eigenvalue weighted by Gasteiger charge is 2.27. The van der Waals surface area contributed by atoms with Gasteiger partial charge in [0.05, 0.1) is 13.5 Å². The molecule has 0 saturated carbocycles. The van der Waals surface area contributed by atoms with Gasteiger partial charge in [-0.25, -0.2) is 0 Å². The van der Waals surface area contributed by atoms with E-state index in [-0.39, 0.29) is 11.9 Å². The lowest BCUT2D eigenvalue weighted by Gasteiger charge is -2.27. The second-order valence-corrected chi connectivity index (χ2v) is 5.59. The molecule has 0 saturated heterocycles. The van der Waals surface area contributed by atoms with E-state index in [2.05, 4.69) is 24.3 Å². The molecule has 1 aliphatic heterocycles. The minimum atomic E-state index is -0.165. The maximum absolute atomic E-state index is 11.7. The number of rotatable bonds is 2. The molecule has 19 heavy (non-hydrogen) atoms. The Kier molecular flexibility index (Phi) is 3.30. The van der Waals surface area contributed by atoms with Crippen LogP contribution < -0.4 is 0 Å². The summed E-state index contributed by atoms with van der Waals surface area (Å²) < 4.78 is 4.84. The van der Waals surface area contributed by atoms with Crippen molar-refractivity contribution in [3.63, 3.8) is 0 Å². The second-order valence-electron chi connectivity index (χ2n) is 4.51. The van der Waals surface area contributed by atoms with E-state index in [1.54, 1.807) is 11.8 Å². The number of methoxy groups -OCH3 is 1. The fourth-order valence-corrected chi connectivity index (χ4v) is 3.67. The van der Waals surface area contributed by atoms with Gasteiger partial charge in [0.2, 0.25) is 0 Å². The van der Waals surface area contributed by atoms with Crippen LogP contribution in [0.4, 0.5) is 0 Å². The normalized spacial score (nSPS) is 13.5. The highest BCUT2D eigenvalue weighted by Crippen LogP contribution is 2.46. The lowest BCUT2D eigenvalue weighted by Crippen LogP contribution is -2.14. The van der Waals surface area contributed by atoms with Crippen LogP contribution in [-0.4, -0.2) is 13.1 Å². The number of esters is 1. The van der Waals surface area contributed by atoms with Crippen LogP contribution in [0.2, 0.25) is 0 Å². The first-order chi connectivity index (χ1) is 9.29. The summed E-state index contributed by atoms with van der Waals surface area (Å²) in [7, 11) is 1.44. The van der Waals surface area contributed by atoms with Crippen molar-refractivity contribution in [1.29, 1.82) is 0 Å². The molecule has 0 aliphatic carbocycles. The number of carbonyl (C=O) groups excluding carboxylic acids is 1. The molecule has 0 unspecified atom stereocenters. The third-order valence-electron chi connectivity index (χ3n) is 3.41. The van der Waals surface area contributed by atoms with Gasteiger partial charge in [-0.2, -0.15) is 0 Å². The van der Waals surface area contributed by atoms with E-state index >= 15 is 0 Å². The average molecular weight is 270 g/mol. The molecule has 0 spiro atoms. The molecule has 2 nitrogen and oxygen atoms in total. The molecule has 0 N–H and O–H groups in total. The molecule has 0 fully saturated rings. The molecule has 3 heteroatoms. The predicted octanol–water partition coefficient (Wildman–Crippen LogP) is 3.85. The molecule has 0 bridgehead atoms. The Morgan fingerprint density at radius 2 is 1.58 bits per heavy atom. The van der Waals surface area contributed by atoms with Crippen molar-refractivity contribution in [2.75, 3.05) is 7.11 Å². The standard InChI is InChI=1S/C16H14O2S/c1-18-16(17)10-13-11-6-2-4-8-14(11)19-15-9-5-3-7-12(13)15/h2-9,13H,10H2,1H3. The van der Waals surface area contributed by atoms with Crippen molar-refractivity contribution in [2.24, 2.45) is 0 Å². The van der Waals surface area contributed by atoms with E-state index < -0.39 is 0 Å². The maximum Gasteiger partial charge on any atom is 0.306 e. The maximum atomic E-state index is 11.7. The van der Waals surface area contributed by atoms with Gasteiger partial charge in [0.1, 0.15) is 0 Å². The molecule has 0 amide bonds. The Hall–Kier alpha value is -1.74. The topological polar surface area (TPSA) is 26.3 Å². The van der Waals surface area contributed by atoms with Crippen LogP contribution >= 0.6 is 11.8 Å². The molecule has 1 heterocycles. The first-order valence-electron chi connectivity index (χ1n) is 6.22. The Labute approximate surface area is 116 Å². The van der Waals surface area contributed by atoms with Gasteiger partial charge in [-0.1, -0.05) is 48.2 Å². The first-order valence-corrected chi connectivity index (χ1v) is 7.04. The number of benzene rings is 2. The Bertz CT molecular complexity index is 576.